The molecule has 0 fully saturated rings. The monoisotopic (exact) mass is 303 g/mol. The van der Waals surface area contributed by atoms with Crippen molar-refractivity contribution >= 4 is 23.2 Å². The van der Waals surface area contributed by atoms with E-state index in [1.165, 1.54) is 5.56 Å². The van der Waals surface area contributed by atoms with Gasteiger partial charge >= 0.3 is 0 Å². The second-order valence-electron chi connectivity index (χ2n) is 5.18. The molecule has 0 unspecified atom stereocenters. The summed E-state index contributed by atoms with van der Waals surface area (Å²) < 4.78 is 0. The molecule has 2 atom stereocenters. The third-order valence-electron chi connectivity index (χ3n) is 3.41. The predicted molar refractivity (Wildman–Crippen MR) is 86.3 cm³/mol. The van der Waals surface area contributed by atoms with Crippen LogP contribution in [0, 0.1) is 0 Å². The Balaban J connectivity index is 1.93. The van der Waals surface area contributed by atoms with Gasteiger partial charge in [0.05, 0.1) is 0 Å². The van der Waals surface area contributed by atoms with Gasteiger partial charge in [0, 0.05) is 16.3 Å². The molecule has 0 heterocycles. The first kappa shape index (κ1) is 15.5. The highest BCUT2D eigenvalue weighted by molar-refractivity contribution is 6.30. The van der Waals surface area contributed by atoms with Crippen LogP contribution in [0.3, 0.4) is 0 Å². The van der Waals surface area contributed by atoms with E-state index in [4.69, 9.17) is 11.6 Å². The van der Waals surface area contributed by atoms with Gasteiger partial charge in [-0.05, 0) is 32.0 Å². The summed E-state index contributed by atoms with van der Waals surface area (Å²) in [5, 5.41) is 5.55. The van der Waals surface area contributed by atoms with Gasteiger partial charge in [0.25, 0.3) is 5.91 Å². The zero-order chi connectivity index (χ0) is 15.2. The lowest BCUT2D eigenvalue weighted by molar-refractivity contribution is -0.709. The zero-order valence-corrected chi connectivity index (χ0v) is 13.0. The van der Waals surface area contributed by atoms with Gasteiger partial charge in [-0.15, -0.1) is 0 Å². The van der Waals surface area contributed by atoms with Crippen molar-refractivity contribution in [3.63, 3.8) is 0 Å². The van der Waals surface area contributed by atoms with Gasteiger partial charge < -0.3 is 10.6 Å². The second-order valence-corrected chi connectivity index (χ2v) is 5.62. The molecule has 110 valence electrons. The summed E-state index contributed by atoms with van der Waals surface area (Å²) in [4.78, 5) is 12.2. The number of hydrogen-bond donors (Lipinski definition) is 2. The maximum absolute atomic E-state index is 12.2. The van der Waals surface area contributed by atoms with Crippen LogP contribution in [0.1, 0.15) is 25.5 Å². The van der Waals surface area contributed by atoms with E-state index in [2.05, 4.69) is 29.7 Å². The normalized spacial score (nSPS) is 13.5. The van der Waals surface area contributed by atoms with Crippen LogP contribution in [-0.2, 0) is 4.79 Å². The minimum atomic E-state index is -0.181. The SMILES string of the molecule is C[C@H]([NH2+][C@H](C)C(=O)Nc1cccc(Cl)c1)c1ccccc1. The molecule has 1 amide bonds. The number of carbonyl (C=O) groups is 1. The summed E-state index contributed by atoms with van der Waals surface area (Å²) >= 11 is 5.91. The van der Waals surface area contributed by atoms with Crippen molar-refractivity contribution in [1.29, 1.82) is 0 Å². The third kappa shape index (κ3) is 4.59. The van der Waals surface area contributed by atoms with E-state index in [0.717, 1.165) is 5.69 Å². The van der Waals surface area contributed by atoms with Crippen LogP contribution in [0.25, 0.3) is 0 Å². The summed E-state index contributed by atoms with van der Waals surface area (Å²) in [6, 6.07) is 17.4. The average Bonchev–Trinajstić information content (AvgIpc) is 2.48. The molecule has 2 aromatic rings. The number of hydrogen-bond acceptors (Lipinski definition) is 1. The van der Waals surface area contributed by atoms with E-state index in [1.54, 1.807) is 12.1 Å². The fourth-order valence-corrected chi connectivity index (χ4v) is 2.40. The van der Waals surface area contributed by atoms with Crippen molar-refractivity contribution in [1.82, 2.24) is 0 Å². The molecule has 0 saturated carbocycles. The van der Waals surface area contributed by atoms with E-state index in [0.29, 0.717) is 5.02 Å². The molecule has 0 bridgehead atoms. The molecule has 4 heteroatoms. The number of quaternary nitrogens is 1. The quantitative estimate of drug-likeness (QED) is 0.876. The van der Waals surface area contributed by atoms with E-state index in [-0.39, 0.29) is 18.0 Å². The van der Waals surface area contributed by atoms with Gasteiger partial charge in [0.2, 0.25) is 0 Å². The number of amides is 1. The fraction of sp³-hybridized carbons (Fsp3) is 0.235. The molecule has 0 aliphatic rings. The van der Waals surface area contributed by atoms with E-state index >= 15 is 0 Å². The summed E-state index contributed by atoms with van der Waals surface area (Å²) in [6.45, 7) is 4.00. The summed E-state index contributed by atoms with van der Waals surface area (Å²) in [5.41, 5.74) is 1.93. The molecular formula is C17H20ClN2O+. The summed E-state index contributed by atoms with van der Waals surface area (Å²) in [5.74, 6) is -0.0277. The van der Waals surface area contributed by atoms with Crippen molar-refractivity contribution in [2.24, 2.45) is 0 Å². The Morgan fingerprint density at radius 1 is 1.10 bits per heavy atom. The zero-order valence-electron chi connectivity index (χ0n) is 12.2. The average molecular weight is 304 g/mol. The highest BCUT2D eigenvalue weighted by Crippen LogP contribution is 2.15. The van der Waals surface area contributed by atoms with E-state index in [9.17, 15) is 4.79 Å². The lowest BCUT2D eigenvalue weighted by Gasteiger charge is -2.17. The molecule has 3 N–H and O–H groups in total. The van der Waals surface area contributed by atoms with E-state index in [1.807, 2.05) is 37.3 Å². The molecule has 0 spiro atoms. The summed E-state index contributed by atoms with van der Waals surface area (Å²) in [6.07, 6.45) is 0. The van der Waals surface area contributed by atoms with Crippen LogP contribution in [0.4, 0.5) is 5.69 Å². The van der Waals surface area contributed by atoms with Crippen LogP contribution in [0.2, 0.25) is 5.02 Å². The smallest absolute Gasteiger partial charge is 0.282 e. The minimum Gasteiger partial charge on any atom is -0.330 e. The molecule has 2 rings (SSSR count). The maximum atomic E-state index is 12.2. The molecular weight excluding hydrogens is 284 g/mol. The van der Waals surface area contributed by atoms with Gasteiger partial charge in [0.15, 0.2) is 6.04 Å². The molecule has 0 radical (unpaired) electrons. The Labute approximate surface area is 130 Å². The second kappa shape index (κ2) is 7.25. The predicted octanol–water partition coefficient (Wildman–Crippen LogP) is 2.99. The minimum absolute atomic E-state index is 0.0277. The molecule has 0 aliphatic heterocycles. The van der Waals surface area contributed by atoms with Crippen LogP contribution in [-0.4, -0.2) is 11.9 Å². The number of nitrogens with one attached hydrogen (secondary N) is 1. The summed E-state index contributed by atoms with van der Waals surface area (Å²) in [7, 11) is 0. The number of rotatable bonds is 5. The molecule has 0 aliphatic carbocycles. The van der Waals surface area contributed by atoms with Crippen molar-refractivity contribution in [2.45, 2.75) is 25.9 Å². The van der Waals surface area contributed by atoms with Crippen molar-refractivity contribution in [3.05, 3.63) is 65.2 Å². The van der Waals surface area contributed by atoms with Gasteiger partial charge in [0.1, 0.15) is 6.04 Å². The molecule has 3 nitrogen and oxygen atoms in total. The highest BCUT2D eigenvalue weighted by atomic mass is 35.5. The van der Waals surface area contributed by atoms with Gasteiger partial charge in [-0.3, -0.25) is 4.79 Å². The lowest BCUT2D eigenvalue weighted by Crippen LogP contribution is -2.91. The number of nitrogens with two attached hydrogens (primary N) is 1. The van der Waals surface area contributed by atoms with Gasteiger partial charge in [-0.2, -0.15) is 0 Å². The van der Waals surface area contributed by atoms with Crippen LogP contribution in [0.15, 0.2) is 54.6 Å². The van der Waals surface area contributed by atoms with Crippen LogP contribution < -0.4 is 10.6 Å². The molecule has 21 heavy (non-hydrogen) atoms. The van der Waals surface area contributed by atoms with E-state index < -0.39 is 0 Å². The van der Waals surface area contributed by atoms with Crippen molar-refractivity contribution < 1.29 is 10.1 Å². The largest absolute Gasteiger partial charge is 0.330 e. The fourth-order valence-electron chi connectivity index (χ4n) is 2.21. The third-order valence-corrected chi connectivity index (χ3v) is 3.64. The lowest BCUT2D eigenvalue weighted by atomic mass is 10.1. The first-order chi connectivity index (χ1) is 10.1. The van der Waals surface area contributed by atoms with Crippen LogP contribution >= 0.6 is 11.6 Å². The Hall–Kier alpha value is -1.84. The Bertz CT molecular complexity index is 601. The Morgan fingerprint density at radius 2 is 1.81 bits per heavy atom. The first-order valence-corrected chi connectivity index (χ1v) is 7.40. The molecule has 2 aromatic carbocycles. The topological polar surface area (TPSA) is 45.7 Å². The van der Waals surface area contributed by atoms with Crippen molar-refractivity contribution in [3.8, 4) is 0 Å². The van der Waals surface area contributed by atoms with Crippen molar-refractivity contribution in [2.75, 3.05) is 5.32 Å². The Kier molecular flexibility index (Phi) is 5.37. The molecule has 0 aromatic heterocycles. The number of halogens is 1. The standard InChI is InChI=1S/C17H19ClN2O/c1-12(14-7-4-3-5-8-14)19-13(2)17(21)20-16-10-6-9-15(18)11-16/h3-13,19H,1-2H3,(H,20,21)/p+1/t12-,13+/m0/s1. The van der Waals surface area contributed by atoms with Crippen LogP contribution in [0.5, 0.6) is 0 Å². The number of carbonyl (C=O) groups excluding carboxylic acids is 1. The van der Waals surface area contributed by atoms with Gasteiger partial charge in [-0.1, -0.05) is 48.0 Å². The molecule has 0 saturated heterocycles. The first-order valence-electron chi connectivity index (χ1n) is 7.02. The van der Waals surface area contributed by atoms with Gasteiger partial charge in [-0.25, -0.2) is 0 Å². The highest BCUT2D eigenvalue weighted by Gasteiger charge is 2.20. The maximum Gasteiger partial charge on any atom is 0.282 e. The Morgan fingerprint density at radius 3 is 2.48 bits per heavy atom. The number of anilines is 1. The number of benzene rings is 2.